The van der Waals surface area contributed by atoms with Gasteiger partial charge in [0.05, 0.1) is 0 Å². The number of fused-ring (bicyclic) bond motifs is 5. The molecule has 3 fully saturated rings. The van der Waals surface area contributed by atoms with Crippen molar-refractivity contribution in [1.29, 1.82) is 0 Å². The zero-order valence-electron chi connectivity index (χ0n) is 15.5. The van der Waals surface area contributed by atoms with Crippen LogP contribution in [0.1, 0.15) is 65.7 Å². The first-order valence-corrected chi connectivity index (χ1v) is 9.82. The Morgan fingerprint density at radius 1 is 1.20 bits per heavy atom. The third-order valence-electron chi connectivity index (χ3n) is 8.16. The van der Waals surface area contributed by atoms with Crippen molar-refractivity contribution in [1.82, 2.24) is 0 Å². The second kappa shape index (κ2) is 5.65. The van der Waals surface area contributed by atoms with Crippen molar-refractivity contribution in [3.8, 4) is 0 Å². The van der Waals surface area contributed by atoms with E-state index in [2.05, 4.69) is 13.8 Å². The molecule has 4 heteroatoms. The summed E-state index contributed by atoms with van der Waals surface area (Å²) in [6.07, 6.45) is 6.48. The monoisotopic (exact) mass is 348 g/mol. The Balaban J connectivity index is 1.66. The second-order valence-electron chi connectivity index (χ2n) is 9.28. The Kier molecular flexibility index (Phi) is 3.90. The van der Waals surface area contributed by atoms with Crippen LogP contribution in [0.15, 0.2) is 11.6 Å². The zero-order chi connectivity index (χ0) is 18.0. The summed E-state index contributed by atoms with van der Waals surface area (Å²) in [6, 6.07) is 0. The van der Waals surface area contributed by atoms with Crippen molar-refractivity contribution in [2.24, 2.45) is 28.6 Å². The van der Waals surface area contributed by atoms with E-state index >= 15 is 4.39 Å². The SMILES string of the molecule is CC(=O)O[C@H]1CC[C@H]2[C@@H]3C[C@@H](F)C4=CC(=O)CC[C@]4(C)[C@H]3CC[C@]12C. The minimum absolute atomic E-state index is 0.0192. The number of carbonyl (C=O) groups is 2. The van der Waals surface area contributed by atoms with E-state index < -0.39 is 6.17 Å². The highest BCUT2D eigenvalue weighted by molar-refractivity contribution is 5.91. The van der Waals surface area contributed by atoms with Crippen molar-refractivity contribution >= 4 is 11.8 Å². The summed E-state index contributed by atoms with van der Waals surface area (Å²) in [6.45, 7) is 5.92. The van der Waals surface area contributed by atoms with Gasteiger partial charge >= 0.3 is 5.97 Å². The first kappa shape index (κ1) is 17.2. The van der Waals surface area contributed by atoms with Gasteiger partial charge in [-0.3, -0.25) is 9.59 Å². The highest BCUT2D eigenvalue weighted by atomic mass is 19.1. The van der Waals surface area contributed by atoms with Crippen LogP contribution in [0.2, 0.25) is 0 Å². The molecule has 0 saturated heterocycles. The third kappa shape index (κ3) is 2.43. The second-order valence-corrected chi connectivity index (χ2v) is 9.28. The number of halogens is 1. The van der Waals surface area contributed by atoms with Gasteiger partial charge in [0.1, 0.15) is 12.3 Å². The van der Waals surface area contributed by atoms with E-state index in [4.69, 9.17) is 4.74 Å². The van der Waals surface area contributed by atoms with Gasteiger partial charge in [-0.2, -0.15) is 0 Å². The number of hydrogen-bond donors (Lipinski definition) is 0. The molecular weight excluding hydrogens is 319 g/mol. The van der Waals surface area contributed by atoms with E-state index in [-0.39, 0.29) is 28.7 Å². The van der Waals surface area contributed by atoms with Crippen LogP contribution in [-0.4, -0.2) is 24.0 Å². The van der Waals surface area contributed by atoms with E-state index in [1.165, 1.54) is 6.92 Å². The fourth-order valence-corrected chi connectivity index (χ4v) is 6.90. The number of rotatable bonds is 1. The number of hydrogen-bond acceptors (Lipinski definition) is 3. The molecule has 0 radical (unpaired) electrons. The summed E-state index contributed by atoms with van der Waals surface area (Å²) >= 11 is 0. The molecule has 0 amide bonds. The molecule has 4 aliphatic rings. The average Bonchev–Trinajstić information content (AvgIpc) is 2.86. The lowest BCUT2D eigenvalue weighted by Gasteiger charge is -2.58. The molecule has 7 atom stereocenters. The van der Waals surface area contributed by atoms with E-state index in [0.29, 0.717) is 30.6 Å². The van der Waals surface area contributed by atoms with E-state index in [0.717, 1.165) is 37.7 Å². The maximum absolute atomic E-state index is 15.1. The van der Waals surface area contributed by atoms with Crippen LogP contribution in [0, 0.1) is 28.6 Å². The summed E-state index contributed by atoms with van der Waals surface area (Å²) in [4.78, 5) is 23.4. The first-order chi connectivity index (χ1) is 11.8. The first-order valence-electron chi connectivity index (χ1n) is 9.82. The lowest BCUT2D eigenvalue weighted by molar-refractivity contribution is -0.157. The molecule has 0 unspecified atom stereocenters. The largest absolute Gasteiger partial charge is 0.462 e. The average molecular weight is 348 g/mol. The number of alkyl halides is 1. The van der Waals surface area contributed by atoms with E-state index in [1.807, 2.05) is 0 Å². The summed E-state index contributed by atoms with van der Waals surface area (Å²) in [7, 11) is 0. The molecule has 0 aliphatic heterocycles. The molecule has 138 valence electrons. The quantitative estimate of drug-likeness (QED) is 0.660. The number of carbonyl (C=O) groups excluding carboxylic acids is 2. The molecule has 0 N–H and O–H groups in total. The van der Waals surface area contributed by atoms with Gasteiger partial charge in [-0.05, 0) is 73.3 Å². The summed E-state index contributed by atoms with van der Waals surface area (Å²) in [5, 5.41) is 0. The van der Waals surface area contributed by atoms with Crippen LogP contribution in [0.3, 0.4) is 0 Å². The van der Waals surface area contributed by atoms with Crippen molar-refractivity contribution in [3.05, 3.63) is 11.6 Å². The van der Waals surface area contributed by atoms with Gasteiger partial charge in [-0.25, -0.2) is 4.39 Å². The predicted octanol–water partition coefficient (Wildman–Crippen LogP) is 4.40. The molecule has 0 aromatic heterocycles. The summed E-state index contributed by atoms with van der Waals surface area (Å²) < 4.78 is 20.7. The van der Waals surface area contributed by atoms with Crippen molar-refractivity contribution < 1.29 is 18.7 Å². The van der Waals surface area contributed by atoms with Gasteiger partial charge in [0, 0.05) is 18.8 Å². The number of esters is 1. The van der Waals surface area contributed by atoms with Crippen molar-refractivity contribution in [2.75, 3.05) is 0 Å². The highest BCUT2D eigenvalue weighted by Gasteiger charge is 2.61. The number of allylic oxidation sites excluding steroid dienone is 1. The molecule has 3 saturated carbocycles. The van der Waals surface area contributed by atoms with Crippen LogP contribution in [0.4, 0.5) is 4.39 Å². The van der Waals surface area contributed by atoms with Crippen LogP contribution in [0.5, 0.6) is 0 Å². The molecular formula is C21H29FO3. The maximum Gasteiger partial charge on any atom is 0.302 e. The normalized spacial score (nSPS) is 48.9. The molecule has 4 rings (SSSR count). The van der Waals surface area contributed by atoms with E-state index in [9.17, 15) is 9.59 Å². The zero-order valence-corrected chi connectivity index (χ0v) is 15.5. The van der Waals surface area contributed by atoms with Gasteiger partial charge < -0.3 is 4.74 Å². The standard InChI is InChI=1S/C21H29FO3/c1-12(23)25-19-5-4-15-14-11-18(22)17-10-13(24)6-8-20(17,2)16(14)7-9-21(15,19)3/h10,14-16,18-19H,4-9,11H2,1-3H3/t14-,15-,16-,18+,19-,20+,21-/m0/s1. The Morgan fingerprint density at radius 2 is 1.96 bits per heavy atom. The predicted molar refractivity (Wildman–Crippen MR) is 92.5 cm³/mol. The van der Waals surface area contributed by atoms with Gasteiger partial charge in [0.2, 0.25) is 0 Å². The fourth-order valence-electron chi connectivity index (χ4n) is 6.90. The van der Waals surface area contributed by atoms with Crippen LogP contribution in [0.25, 0.3) is 0 Å². The molecule has 0 spiro atoms. The lowest BCUT2D eigenvalue weighted by Crippen LogP contribution is -2.54. The number of ether oxygens (including phenoxy) is 1. The minimum Gasteiger partial charge on any atom is -0.462 e. The molecule has 4 aliphatic carbocycles. The summed E-state index contributed by atoms with van der Waals surface area (Å²) in [5.74, 6) is 1.09. The van der Waals surface area contributed by atoms with Gasteiger partial charge in [-0.1, -0.05) is 13.8 Å². The smallest absolute Gasteiger partial charge is 0.302 e. The highest BCUT2D eigenvalue weighted by Crippen LogP contribution is 2.65. The Bertz CT molecular complexity index is 641. The van der Waals surface area contributed by atoms with Crippen molar-refractivity contribution in [2.45, 2.75) is 78.0 Å². The maximum atomic E-state index is 15.1. The van der Waals surface area contributed by atoms with Gasteiger partial charge in [0.15, 0.2) is 5.78 Å². The van der Waals surface area contributed by atoms with Crippen molar-refractivity contribution in [3.63, 3.8) is 0 Å². The minimum atomic E-state index is -0.995. The van der Waals surface area contributed by atoms with E-state index in [1.54, 1.807) is 6.08 Å². The molecule has 25 heavy (non-hydrogen) atoms. The topological polar surface area (TPSA) is 43.4 Å². The number of ketones is 1. The third-order valence-corrected chi connectivity index (χ3v) is 8.16. The van der Waals surface area contributed by atoms with Crippen LogP contribution >= 0.6 is 0 Å². The lowest BCUT2D eigenvalue weighted by atomic mass is 9.47. The molecule has 0 aromatic rings. The Morgan fingerprint density at radius 3 is 2.68 bits per heavy atom. The summed E-state index contributed by atoms with van der Waals surface area (Å²) in [5.41, 5.74) is 0.578. The Labute approximate surface area is 149 Å². The molecule has 0 heterocycles. The Hall–Kier alpha value is -1.19. The fraction of sp³-hybridized carbons (Fsp3) is 0.810. The van der Waals surface area contributed by atoms with Crippen LogP contribution in [-0.2, 0) is 14.3 Å². The van der Waals surface area contributed by atoms with Gasteiger partial charge in [0.25, 0.3) is 0 Å². The van der Waals surface area contributed by atoms with Gasteiger partial charge in [-0.15, -0.1) is 0 Å². The van der Waals surface area contributed by atoms with Crippen LogP contribution < -0.4 is 0 Å². The molecule has 0 aromatic carbocycles. The molecule has 0 bridgehead atoms. The molecule has 3 nitrogen and oxygen atoms in total.